The summed E-state index contributed by atoms with van der Waals surface area (Å²) in [6.07, 6.45) is 7.49. The molecule has 2 aromatic carbocycles. The molecule has 24 heavy (non-hydrogen) atoms. The molecule has 134 valence electrons. The van der Waals surface area contributed by atoms with Gasteiger partial charge in [0.1, 0.15) is 0 Å². The van der Waals surface area contributed by atoms with Crippen molar-refractivity contribution in [2.24, 2.45) is 0 Å². The lowest BCUT2D eigenvalue weighted by molar-refractivity contribution is 0.214. The minimum absolute atomic E-state index is 0.645. The summed E-state index contributed by atoms with van der Waals surface area (Å²) < 4.78 is 10.9. The Kier molecular flexibility index (Phi) is 12.4. The van der Waals surface area contributed by atoms with Crippen molar-refractivity contribution in [3.63, 3.8) is 0 Å². The lowest BCUT2D eigenvalue weighted by Crippen LogP contribution is -2.06. The fraction of sp³-hybridized carbons (Fsp3) is 0.524. The molecule has 0 aliphatic heterocycles. The molecule has 3 heteroatoms. The number of aryl methyl sites for hydroxylation is 1. The van der Waals surface area contributed by atoms with Gasteiger partial charge in [0, 0.05) is 13.2 Å². The molecule has 0 fully saturated rings. The number of benzene rings is 2. The Morgan fingerprint density at radius 1 is 0.750 bits per heavy atom. The van der Waals surface area contributed by atoms with Gasteiger partial charge in [0.15, 0.2) is 0 Å². The first-order valence-electron chi connectivity index (χ1n) is 9.39. The molecule has 0 N–H and O–H groups in total. The van der Waals surface area contributed by atoms with Gasteiger partial charge >= 0.3 is 10.0 Å². The molecule has 2 aromatic rings. The second-order valence-corrected chi connectivity index (χ2v) is 7.20. The molecule has 0 heterocycles. The SMILES string of the molecule is CCCCCO[SiH2]OCCCCC.Cc1cccc2ccccc12. The van der Waals surface area contributed by atoms with Gasteiger partial charge in [-0.05, 0) is 36.1 Å². The molecular weight excluding hydrogens is 312 g/mol. The van der Waals surface area contributed by atoms with E-state index in [0.29, 0.717) is 0 Å². The Morgan fingerprint density at radius 2 is 1.33 bits per heavy atom. The van der Waals surface area contributed by atoms with Crippen LogP contribution in [-0.2, 0) is 8.85 Å². The van der Waals surface area contributed by atoms with Gasteiger partial charge in [-0.2, -0.15) is 0 Å². The van der Waals surface area contributed by atoms with Gasteiger partial charge in [-0.3, -0.25) is 0 Å². The number of rotatable bonds is 10. The highest BCUT2D eigenvalue weighted by Crippen LogP contribution is 2.16. The van der Waals surface area contributed by atoms with Gasteiger partial charge < -0.3 is 8.85 Å². The van der Waals surface area contributed by atoms with Crippen molar-refractivity contribution in [3.8, 4) is 0 Å². The molecule has 0 aliphatic carbocycles. The third kappa shape index (κ3) is 9.21. The van der Waals surface area contributed by atoms with Crippen LogP contribution in [0.15, 0.2) is 42.5 Å². The average Bonchev–Trinajstić information content (AvgIpc) is 2.61. The third-order valence-electron chi connectivity index (χ3n) is 3.96. The van der Waals surface area contributed by atoms with Crippen LogP contribution >= 0.6 is 0 Å². The predicted molar refractivity (Wildman–Crippen MR) is 108 cm³/mol. The summed E-state index contributed by atoms with van der Waals surface area (Å²) in [6, 6.07) is 14.8. The van der Waals surface area contributed by atoms with Crippen molar-refractivity contribution < 1.29 is 8.85 Å². The van der Waals surface area contributed by atoms with Crippen LogP contribution in [-0.4, -0.2) is 23.2 Å². The van der Waals surface area contributed by atoms with Gasteiger partial charge in [-0.15, -0.1) is 0 Å². The van der Waals surface area contributed by atoms with Crippen LogP contribution in [0.25, 0.3) is 10.8 Å². The van der Waals surface area contributed by atoms with E-state index in [9.17, 15) is 0 Å². The summed E-state index contributed by atoms with van der Waals surface area (Å²) in [5.74, 6) is 0. The van der Waals surface area contributed by atoms with Gasteiger partial charge in [-0.25, -0.2) is 0 Å². The standard InChI is InChI=1S/C11H10.C10H24O2Si/c1-9-5-4-7-10-6-2-3-8-11(9)10;1-3-5-7-9-11-13-12-10-8-6-4-2/h2-8H,1H3;3-10,13H2,1-2H3. The van der Waals surface area contributed by atoms with Gasteiger partial charge in [0.2, 0.25) is 0 Å². The zero-order valence-electron chi connectivity index (χ0n) is 15.7. The Hall–Kier alpha value is -1.16. The van der Waals surface area contributed by atoms with Crippen molar-refractivity contribution in [3.05, 3.63) is 48.0 Å². The van der Waals surface area contributed by atoms with Crippen molar-refractivity contribution in [2.75, 3.05) is 13.2 Å². The van der Waals surface area contributed by atoms with Crippen LogP contribution in [0.5, 0.6) is 0 Å². The van der Waals surface area contributed by atoms with E-state index < -0.39 is 10.0 Å². The van der Waals surface area contributed by atoms with Crippen molar-refractivity contribution in [1.82, 2.24) is 0 Å². The normalized spacial score (nSPS) is 10.5. The maximum atomic E-state index is 5.43. The Bertz CT molecular complexity index is 527. The van der Waals surface area contributed by atoms with E-state index in [1.807, 2.05) is 0 Å². The first kappa shape index (κ1) is 20.9. The van der Waals surface area contributed by atoms with Crippen LogP contribution in [0.2, 0.25) is 0 Å². The summed E-state index contributed by atoms with van der Waals surface area (Å²) in [5, 5.41) is 2.68. The van der Waals surface area contributed by atoms with Crippen LogP contribution in [0.1, 0.15) is 57.9 Å². The summed E-state index contributed by atoms with van der Waals surface area (Å²) in [5.41, 5.74) is 1.35. The van der Waals surface area contributed by atoms with Gasteiger partial charge in [0.25, 0.3) is 0 Å². The molecule has 0 aromatic heterocycles. The molecule has 0 bridgehead atoms. The summed E-state index contributed by atoms with van der Waals surface area (Å²) >= 11 is 0. The number of hydrogen-bond acceptors (Lipinski definition) is 2. The fourth-order valence-corrected chi connectivity index (χ4v) is 3.23. The zero-order chi connectivity index (χ0) is 17.5. The minimum atomic E-state index is -0.645. The molecular formula is C21H34O2Si. The fourth-order valence-electron chi connectivity index (χ4n) is 2.47. The van der Waals surface area contributed by atoms with E-state index in [1.54, 1.807) is 0 Å². The molecule has 0 saturated heterocycles. The van der Waals surface area contributed by atoms with E-state index in [4.69, 9.17) is 8.85 Å². The van der Waals surface area contributed by atoms with E-state index in [1.165, 1.54) is 54.9 Å². The Morgan fingerprint density at radius 3 is 1.92 bits per heavy atom. The lowest BCUT2D eigenvalue weighted by Gasteiger charge is -2.04. The molecule has 2 rings (SSSR count). The highest BCUT2D eigenvalue weighted by atomic mass is 28.3. The van der Waals surface area contributed by atoms with E-state index in [-0.39, 0.29) is 0 Å². The first-order chi connectivity index (χ1) is 11.8. The van der Waals surface area contributed by atoms with E-state index in [0.717, 1.165) is 13.2 Å². The van der Waals surface area contributed by atoms with Crippen LogP contribution in [0.4, 0.5) is 0 Å². The molecule has 0 unspecified atom stereocenters. The molecule has 0 aliphatic rings. The van der Waals surface area contributed by atoms with Crippen LogP contribution in [0, 0.1) is 6.92 Å². The molecule has 0 atom stereocenters. The molecule has 2 nitrogen and oxygen atoms in total. The number of fused-ring (bicyclic) bond motifs is 1. The first-order valence-corrected chi connectivity index (χ1v) is 10.5. The van der Waals surface area contributed by atoms with Crippen LogP contribution < -0.4 is 0 Å². The summed E-state index contributed by atoms with van der Waals surface area (Å²) in [7, 11) is -0.645. The lowest BCUT2D eigenvalue weighted by atomic mass is 10.1. The van der Waals surface area contributed by atoms with Crippen molar-refractivity contribution in [1.29, 1.82) is 0 Å². The highest BCUT2D eigenvalue weighted by Gasteiger charge is 1.92. The minimum Gasteiger partial charge on any atom is -0.399 e. The van der Waals surface area contributed by atoms with E-state index >= 15 is 0 Å². The second-order valence-electron chi connectivity index (χ2n) is 6.14. The third-order valence-corrected chi connectivity index (χ3v) is 4.87. The Labute approximate surface area is 150 Å². The zero-order valence-corrected chi connectivity index (χ0v) is 17.1. The molecule has 0 amide bonds. The largest absolute Gasteiger partial charge is 0.399 e. The Balaban J connectivity index is 0.000000242. The van der Waals surface area contributed by atoms with Gasteiger partial charge in [-0.1, -0.05) is 82.0 Å². The molecule has 0 radical (unpaired) electrons. The predicted octanol–water partition coefficient (Wildman–Crippen LogP) is 5.55. The summed E-state index contributed by atoms with van der Waals surface area (Å²) in [4.78, 5) is 0. The monoisotopic (exact) mass is 346 g/mol. The topological polar surface area (TPSA) is 18.5 Å². The van der Waals surface area contributed by atoms with Crippen LogP contribution in [0.3, 0.4) is 0 Å². The maximum Gasteiger partial charge on any atom is 0.304 e. The van der Waals surface area contributed by atoms with Crippen molar-refractivity contribution >= 4 is 20.8 Å². The smallest absolute Gasteiger partial charge is 0.304 e. The molecule has 0 saturated carbocycles. The number of hydrogen-bond donors (Lipinski definition) is 0. The molecule has 0 spiro atoms. The second kappa shape index (κ2) is 14.2. The average molecular weight is 347 g/mol. The van der Waals surface area contributed by atoms with E-state index in [2.05, 4.69) is 63.2 Å². The maximum absolute atomic E-state index is 5.43. The number of unbranched alkanes of at least 4 members (excludes halogenated alkanes) is 4. The summed E-state index contributed by atoms with van der Waals surface area (Å²) in [6.45, 7) is 8.38. The van der Waals surface area contributed by atoms with Crippen molar-refractivity contribution in [2.45, 2.75) is 59.3 Å². The van der Waals surface area contributed by atoms with Gasteiger partial charge in [0.05, 0.1) is 0 Å². The highest BCUT2D eigenvalue weighted by molar-refractivity contribution is 6.17. The quantitative estimate of drug-likeness (QED) is 0.415.